The normalized spacial score (nSPS) is 10.9. The lowest BCUT2D eigenvalue weighted by atomic mass is 10.2. The van der Waals surface area contributed by atoms with Crippen molar-refractivity contribution < 1.29 is 18.8 Å². The first-order valence-electron chi connectivity index (χ1n) is 5.03. The summed E-state index contributed by atoms with van der Waals surface area (Å²) in [4.78, 5) is 10.7. The van der Waals surface area contributed by atoms with E-state index >= 15 is 0 Å². The molecule has 3 aromatic rings. The van der Waals surface area contributed by atoms with Crippen molar-refractivity contribution >= 4 is 28.5 Å². The summed E-state index contributed by atoms with van der Waals surface area (Å²) in [5.74, 6) is -0.517. The van der Waals surface area contributed by atoms with Gasteiger partial charge in [-0.3, -0.25) is 0 Å². The van der Waals surface area contributed by atoms with Gasteiger partial charge in [-0.05, 0) is 18.2 Å². The quantitative estimate of drug-likeness (QED) is 0.766. The molecule has 0 saturated heterocycles. The average molecular weight is 264 g/mol. The molecule has 0 saturated carbocycles. The van der Waals surface area contributed by atoms with Crippen LogP contribution in [0.25, 0.3) is 22.5 Å². The molecule has 5 nitrogen and oxygen atoms in total. The minimum Gasteiger partial charge on any atom is -0.476 e. The van der Waals surface area contributed by atoms with Crippen LogP contribution in [0.15, 0.2) is 39.3 Å². The summed E-state index contributed by atoms with van der Waals surface area (Å²) in [5.41, 5.74) is 0.433. The van der Waals surface area contributed by atoms with Crippen molar-refractivity contribution in [1.82, 2.24) is 5.16 Å². The van der Waals surface area contributed by atoms with Crippen LogP contribution in [-0.4, -0.2) is 16.2 Å². The van der Waals surface area contributed by atoms with Gasteiger partial charge in [0.05, 0.1) is 5.02 Å². The second-order valence-electron chi connectivity index (χ2n) is 3.64. The highest BCUT2D eigenvalue weighted by molar-refractivity contribution is 6.35. The molecule has 0 fully saturated rings. The number of furan rings is 1. The monoisotopic (exact) mass is 263 g/mol. The van der Waals surface area contributed by atoms with E-state index in [1.807, 2.05) is 0 Å². The van der Waals surface area contributed by atoms with Gasteiger partial charge in [0.25, 0.3) is 0 Å². The average Bonchev–Trinajstić information content (AvgIpc) is 2.95. The third kappa shape index (κ3) is 1.65. The highest BCUT2D eigenvalue weighted by Gasteiger charge is 2.16. The van der Waals surface area contributed by atoms with Gasteiger partial charge in [-0.25, -0.2) is 4.79 Å². The van der Waals surface area contributed by atoms with Crippen molar-refractivity contribution in [3.8, 4) is 11.5 Å². The maximum Gasteiger partial charge on any atom is 0.358 e. The fraction of sp³-hybridized carbons (Fsp3) is 0. The predicted octanol–water partition coefficient (Wildman–Crippen LogP) is 3.44. The Morgan fingerprint density at radius 2 is 2.11 bits per heavy atom. The van der Waals surface area contributed by atoms with Crippen molar-refractivity contribution in [2.45, 2.75) is 0 Å². The standard InChI is InChI=1S/C12H6ClNO4/c13-7-2-1-3-9-6(7)4-10(17-9)11-5-8(12(15)16)14-18-11/h1-5H,(H,15,16). The molecule has 0 aliphatic heterocycles. The predicted molar refractivity (Wildman–Crippen MR) is 63.7 cm³/mol. The molecule has 0 unspecified atom stereocenters. The van der Waals surface area contributed by atoms with Crippen molar-refractivity contribution in [2.75, 3.05) is 0 Å². The van der Waals surface area contributed by atoms with Crippen LogP contribution in [0.1, 0.15) is 10.5 Å². The van der Waals surface area contributed by atoms with Gasteiger partial charge < -0.3 is 14.0 Å². The molecule has 2 aromatic heterocycles. The molecule has 0 bridgehead atoms. The third-order valence-corrected chi connectivity index (χ3v) is 2.81. The first-order chi connectivity index (χ1) is 8.65. The summed E-state index contributed by atoms with van der Waals surface area (Å²) in [6.07, 6.45) is 0. The molecule has 0 radical (unpaired) electrons. The van der Waals surface area contributed by atoms with Crippen molar-refractivity contribution in [3.05, 3.63) is 41.0 Å². The topological polar surface area (TPSA) is 76.5 Å². The van der Waals surface area contributed by atoms with Gasteiger partial charge in [0.15, 0.2) is 11.5 Å². The van der Waals surface area contributed by atoms with Crippen LogP contribution < -0.4 is 0 Å². The van der Waals surface area contributed by atoms with E-state index in [2.05, 4.69) is 5.16 Å². The minimum atomic E-state index is -1.15. The number of benzene rings is 1. The number of fused-ring (bicyclic) bond motifs is 1. The van der Waals surface area contributed by atoms with Gasteiger partial charge in [-0.1, -0.05) is 22.8 Å². The number of aromatic nitrogens is 1. The summed E-state index contributed by atoms with van der Waals surface area (Å²) in [6, 6.07) is 8.25. The highest BCUT2D eigenvalue weighted by Crippen LogP contribution is 2.32. The van der Waals surface area contributed by atoms with Gasteiger partial charge in [0.1, 0.15) is 5.58 Å². The lowest BCUT2D eigenvalue weighted by molar-refractivity contribution is 0.0686. The smallest absolute Gasteiger partial charge is 0.358 e. The zero-order valence-corrected chi connectivity index (χ0v) is 9.64. The van der Waals surface area contributed by atoms with E-state index in [9.17, 15) is 4.79 Å². The van der Waals surface area contributed by atoms with E-state index in [1.54, 1.807) is 24.3 Å². The van der Waals surface area contributed by atoms with E-state index in [4.69, 9.17) is 25.6 Å². The minimum absolute atomic E-state index is 0.170. The number of hydrogen-bond acceptors (Lipinski definition) is 4. The molecule has 1 N–H and O–H groups in total. The molecule has 2 heterocycles. The summed E-state index contributed by atoms with van der Waals surface area (Å²) in [7, 11) is 0. The Balaban J connectivity index is 2.13. The van der Waals surface area contributed by atoms with Crippen LogP contribution in [0.3, 0.4) is 0 Å². The van der Waals surface area contributed by atoms with Crippen LogP contribution in [0, 0.1) is 0 Å². The molecule has 0 amide bonds. The van der Waals surface area contributed by atoms with E-state index in [-0.39, 0.29) is 11.5 Å². The van der Waals surface area contributed by atoms with Crippen LogP contribution >= 0.6 is 11.6 Å². The van der Waals surface area contributed by atoms with Gasteiger partial charge >= 0.3 is 5.97 Å². The van der Waals surface area contributed by atoms with Gasteiger partial charge in [0, 0.05) is 11.5 Å². The number of carboxylic acid groups (broad SMARTS) is 1. The maximum absolute atomic E-state index is 10.7. The van der Waals surface area contributed by atoms with E-state index < -0.39 is 5.97 Å². The van der Waals surface area contributed by atoms with Crippen LogP contribution in [0.5, 0.6) is 0 Å². The summed E-state index contributed by atoms with van der Waals surface area (Å²) in [5, 5.41) is 13.5. The molecular weight excluding hydrogens is 258 g/mol. The molecule has 0 spiro atoms. The number of aromatic carboxylic acids is 1. The number of carboxylic acids is 1. The Morgan fingerprint density at radius 3 is 2.78 bits per heavy atom. The number of nitrogens with zero attached hydrogens (tertiary/aromatic N) is 1. The van der Waals surface area contributed by atoms with E-state index in [0.717, 1.165) is 5.39 Å². The summed E-state index contributed by atoms with van der Waals surface area (Å²) >= 11 is 6.01. The number of halogens is 1. The molecule has 0 atom stereocenters. The largest absolute Gasteiger partial charge is 0.476 e. The van der Waals surface area contributed by atoms with Gasteiger partial charge in [-0.2, -0.15) is 0 Å². The molecule has 3 rings (SSSR count). The molecule has 90 valence electrons. The molecule has 1 aromatic carbocycles. The van der Waals surface area contributed by atoms with Crippen LogP contribution in [0.2, 0.25) is 5.02 Å². The third-order valence-electron chi connectivity index (χ3n) is 2.48. The molecule has 0 aliphatic rings. The number of carbonyl (C=O) groups is 1. The molecular formula is C12H6ClNO4. The second-order valence-corrected chi connectivity index (χ2v) is 4.05. The summed E-state index contributed by atoms with van der Waals surface area (Å²) < 4.78 is 10.4. The lowest BCUT2D eigenvalue weighted by Crippen LogP contribution is -1.94. The van der Waals surface area contributed by atoms with E-state index in [1.165, 1.54) is 6.07 Å². The highest BCUT2D eigenvalue weighted by atomic mass is 35.5. The first kappa shape index (κ1) is 10.9. The molecule has 18 heavy (non-hydrogen) atoms. The fourth-order valence-corrected chi connectivity index (χ4v) is 1.86. The fourth-order valence-electron chi connectivity index (χ4n) is 1.64. The Morgan fingerprint density at radius 1 is 1.28 bits per heavy atom. The van der Waals surface area contributed by atoms with Crippen molar-refractivity contribution in [3.63, 3.8) is 0 Å². The SMILES string of the molecule is O=C(O)c1cc(-c2cc3c(Cl)cccc3o2)on1. The molecule has 0 aliphatic carbocycles. The molecule has 6 heteroatoms. The van der Waals surface area contributed by atoms with Crippen LogP contribution in [0.4, 0.5) is 0 Å². The van der Waals surface area contributed by atoms with E-state index in [0.29, 0.717) is 16.4 Å². The Hall–Kier alpha value is -2.27. The number of hydrogen-bond donors (Lipinski definition) is 1. The van der Waals surface area contributed by atoms with Gasteiger partial charge in [-0.15, -0.1) is 0 Å². The number of rotatable bonds is 2. The summed E-state index contributed by atoms with van der Waals surface area (Å²) in [6.45, 7) is 0. The van der Waals surface area contributed by atoms with Crippen LogP contribution in [-0.2, 0) is 0 Å². The maximum atomic E-state index is 10.7. The van der Waals surface area contributed by atoms with Crippen molar-refractivity contribution in [1.29, 1.82) is 0 Å². The van der Waals surface area contributed by atoms with Crippen molar-refractivity contribution in [2.24, 2.45) is 0 Å². The second kappa shape index (κ2) is 3.89. The lowest BCUT2D eigenvalue weighted by Gasteiger charge is -1.88. The Labute approximate surface area is 106 Å². The zero-order valence-electron chi connectivity index (χ0n) is 8.88. The first-order valence-corrected chi connectivity index (χ1v) is 5.41. The Kier molecular flexibility index (Phi) is 2.34. The Bertz CT molecular complexity index is 743. The zero-order chi connectivity index (χ0) is 12.7. The van der Waals surface area contributed by atoms with Gasteiger partial charge in [0.2, 0.25) is 5.76 Å².